The molecule has 0 spiro atoms. The SMILES string of the molecule is O=c1c2ccccc2nc(-c2ccco2)n1-c1cccc([N+](=O)[O-])c1. The number of benzene rings is 2. The van der Waals surface area contributed by atoms with Gasteiger partial charge in [-0.05, 0) is 30.3 Å². The van der Waals surface area contributed by atoms with Crippen LogP contribution in [0.5, 0.6) is 0 Å². The van der Waals surface area contributed by atoms with Crippen molar-refractivity contribution in [1.29, 1.82) is 0 Å². The van der Waals surface area contributed by atoms with Crippen LogP contribution in [0.2, 0.25) is 0 Å². The van der Waals surface area contributed by atoms with Crippen LogP contribution in [0.4, 0.5) is 5.69 Å². The van der Waals surface area contributed by atoms with Crippen LogP contribution in [-0.4, -0.2) is 14.5 Å². The molecule has 0 amide bonds. The molecule has 0 saturated heterocycles. The van der Waals surface area contributed by atoms with Gasteiger partial charge in [-0.3, -0.25) is 19.5 Å². The molecular formula is C18H11N3O4. The molecule has 2 heterocycles. The summed E-state index contributed by atoms with van der Waals surface area (Å²) in [4.78, 5) is 28.1. The van der Waals surface area contributed by atoms with Crippen LogP contribution >= 0.6 is 0 Å². The van der Waals surface area contributed by atoms with E-state index >= 15 is 0 Å². The standard InChI is InChI=1S/C18H11N3O4/c22-18-14-7-1-2-8-15(14)19-17(16-9-4-10-25-16)20(18)12-5-3-6-13(11-12)21(23)24/h1-11H. The molecule has 4 aromatic rings. The van der Waals surface area contributed by atoms with E-state index in [0.29, 0.717) is 22.4 Å². The van der Waals surface area contributed by atoms with Gasteiger partial charge in [0.15, 0.2) is 11.6 Å². The first-order chi connectivity index (χ1) is 12.1. The molecule has 7 heteroatoms. The second kappa shape index (κ2) is 5.72. The van der Waals surface area contributed by atoms with Crippen molar-refractivity contribution >= 4 is 16.6 Å². The molecule has 7 nitrogen and oxygen atoms in total. The van der Waals surface area contributed by atoms with E-state index in [1.165, 1.54) is 29.0 Å². The largest absolute Gasteiger partial charge is 0.461 e. The van der Waals surface area contributed by atoms with E-state index in [9.17, 15) is 14.9 Å². The van der Waals surface area contributed by atoms with Crippen LogP contribution in [0, 0.1) is 10.1 Å². The lowest BCUT2D eigenvalue weighted by molar-refractivity contribution is -0.384. The summed E-state index contributed by atoms with van der Waals surface area (Å²) in [5.41, 5.74) is 0.449. The van der Waals surface area contributed by atoms with Gasteiger partial charge in [0.1, 0.15) is 0 Å². The number of non-ortho nitro benzene ring substituents is 1. The van der Waals surface area contributed by atoms with Gasteiger partial charge in [0.05, 0.1) is 27.8 Å². The molecule has 25 heavy (non-hydrogen) atoms. The van der Waals surface area contributed by atoms with E-state index in [1.807, 2.05) is 0 Å². The lowest BCUT2D eigenvalue weighted by atomic mass is 10.2. The maximum Gasteiger partial charge on any atom is 0.271 e. The third kappa shape index (κ3) is 2.47. The maximum absolute atomic E-state index is 13.0. The highest BCUT2D eigenvalue weighted by Gasteiger charge is 2.17. The molecule has 0 bridgehead atoms. The lowest BCUT2D eigenvalue weighted by Gasteiger charge is -2.12. The predicted octanol–water partition coefficient (Wildman–Crippen LogP) is 3.55. The van der Waals surface area contributed by atoms with Crippen LogP contribution in [0.25, 0.3) is 28.2 Å². The highest BCUT2D eigenvalue weighted by atomic mass is 16.6. The van der Waals surface area contributed by atoms with Crippen LogP contribution in [0.1, 0.15) is 0 Å². The molecule has 0 N–H and O–H groups in total. The fourth-order valence-corrected chi connectivity index (χ4v) is 2.69. The Morgan fingerprint density at radius 2 is 1.88 bits per heavy atom. The lowest BCUT2D eigenvalue weighted by Crippen LogP contribution is -2.21. The number of furan rings is 1. The first-order valence-corrected chi connectivity index (χ1v) is 7.45. The van der Waals surface area contributed by atoms with E-state index in [2.05, 4.69) is 4.98 Å². The minimum Gasteiger partial charge on any atom is -0.461 e. The summed E-state index contributed by atoms with van der Waals surface area (Å²) in [5.74, 6) is 0.684. The average molecular weight is 333 g/mol. The summed E-state index contributed by atoms with van der Waals surface area (Å²) in [5, 5.41) is 11.5. The second-order valence-corrected chi connectivity index (χ2v) is 5.35. The van der Waals surface area contributed by atoms with Gasteiger partial charge in [0.2, 0.25) is 0 Å². The molecule has 0 saturated carbocycles. The summed E-state index contributed by atoms with van der Waals surface area (Å²) >= 11 is 0. The van der Waals surface area contributed by atoms with Gasteiger partial charge in [-0.1, -0.05) is 18.2 Å². The molecule has 2 aromatic heterocycles. The molecule has 0 aliphatic heterocycles. The number of nitrogens with zero attached hydrogens (tertiary/aromatic N) is 3. The fraction of sp³-hybridized carbons (Fsp3) is 0. The number of aromatic nitrogens is 2. The van der Waals surface area contributed by atoms with E-state index in [-0.39, 0.29) is 17.1 Å². The number of rotatable bonds is 3. The Bertz CT molecular complexity index is 1150. The van der Waals surface area contributed by atoms with E-state index in [4.69, 9.17) is 4.42 Å². The molecule has 122 valence electrons. The monoisotopic (exact) mass is 333 g/mol. The summed E-state index contributed by atoms with van der Waals surface area (Å²) in [7, 11) is 0. The van der Waals surface area contributed by atoms with Gasteiger partial charge in [0, 0.05) is 12.1 Å². The smallest absolute Gasteiger partial charge is 0.271 e. The van der Waals surface area contributed by atoms with E-state index in [0.717, 1.165) is 0 Å². The summed E-state index contributed by atoms with van der Waals surface area (Å²) in [6.45, 7) is 0. The summed E-state index contributed by atoms with van der Waals surface area (Å²) < 4.78 is 6.73. The van der Waals surface area contributed by atoms with Crippen molar-refractivity contribution in [3.05, 3.63) is 87.4 Å². The number of hydrogen-bond acceptors (Lipinski definition) is 5. The van der Waals surface area contributed by atoms with Crippen molar-refractivity contribution in [3.63, 3.8) is 0 Å². The van der Waals surface area contributed by atoms with Gasteiger partial charge in [0.25, 0.3) is 11.2 Å². The average Bonchev–Trinajstić information content (AvgIpc) is 3.16. The molecule has 0 fully saturated rings. The van der Waals surface area contributed by atoms with Crippen LogP contribution < -0.4 is 5.56 Å². The van der Waals surface area contributed by atoms with E-state index in [1.54, 1.807) is 42.5 Å². The number of nitro benzene ring substituents is 1. The Morgan fingerprint density at radius 3 is 2.64 bits per heavy atom. The Kier molecular flexibility index (Phi) is 3.39. The first-order valence-electron chi connectivity index (χ1n) is 7.45. The summed E-state index contributed by atoms with van der Waals surface area (Å²) in [6.07, 6.45) is 1.48. The second-order valence-electron chi connectivity index (χ2n) is 5.35. The third-order valence-corrected chi connectivity index (χ3v) is 3.82. The minimum absolute atomic E-state index is 0.108. The Balaban J connectivity index is 2.10. The van der Waals surface area contributed by atoms with Gasteiger partial charge in [-0.15, -0.1) is 0 Å². The van der Waals surface area contributed by atoms with Gasteiger partial charge in [-0.2, -0.15) is 0 Å². The molecule has 0 unspecified atom stereocenters. The zero-order valence-corrected chi connectivity index (χ0v) is 12.8. The third-order valence-electron chi connectivity index (χ3n) is 3.82. The Morgan fingerprint density at radius 1 is 1.04 bits per heavy atom. The molecule has 0 aliphatic rings. The predicted molar refractivity (Wildman–Crippen MR) is 91.7 cm³/mol. The van der Waals surface area contributed by atoms with Crippen molar-refractivity contribution in [2.45, 2.75) is 0 Å². The first kappa shape index (κ1) is 14.8. The van der Waals surface area contributed by atoms with Crippen molar-refractivity contribution in [2.24, 2.45) is 0 Å². The molecular weight excluding hydrogens is 322 g/mol. The zero-order chi connectivity index (χ0) is 17.4. The maximum atomic E-state index is 13.0. The zero-order valence-electron chi connectivity index (χ0n) is 12.8. The highest BCUT2D eigenvalue weighted by molar-refractivity contribution is 5.80. The quantitative estimate of drug-likeness (QED) is 0.422. The van der Waals surface area contributed by atoms with Crippen molar-refractivity contribution < 1.29 is 9.34 Å². The van der Waals surface area contributed by atoms with Gasteiger partial charge < -0.3 is 4.42 Å². The topological polar surface area (TPSA) is 91.2 Å². The molecule has 0 aliphatic carbocycles. The molecule has 4 rings (SSSR count). The molecule has 2 aromatic carbocycles. The molecule has 0 radical (unpaired) electrons. The van der Waals surface area contributed by atoms with Crippen molar-refractivity contribution in [2.75, 3.05) is 0 Å². The molecule has 0 atom stereocenters. The minimum atomic E-state index is -0.504. The normalized spacial score (nSPS) is 10.9. The number of nitro groups is 1. The van der Waals surface area contributed by atoms with Crippen LogP contribution in [0.3, 0.4) is 0 Å². The fourth-order valence-electron chi connectivity index (χ4n) is 2.69. The van der Waals surface area contributed by atoms with Crippen molar-refractivity contribution in [3.8, 4) is 17.3 Å². The van der Waals surface area contributed by atoms with Crippen LogP contribution in [0.15, 0.2) is 76.1 Å². The Hall–Kier alpha value is -3.74. The highest BCUT2D eigenvalue weighted by Crippen LogP contribution is 2.24. The van der Waals surface area contributed by atoms with Gasteiger partial charge in [-0.25, -0.2) is 4.98 Å². The Labute approximate surface area is 140 Å². The van der Waals surface area contributed by atoms with E-state index < -0.39 is 4.92 Å². The number of fused-ring (bicyclic) bond motifs is 1. The number of hydrogen-bond donors (Lipinski definition) is 0. The van der Waals surface area contributed by atoms with Crippen molar-refractivity contribution in [1.82, 2.24) is 9.55 Å². The number of para-hydroxylation sites is 1. The van der Waals surface area contributed by atoms with Crippen LogP contribution in [-0.2, 0) is 0 Å². The summed E-state index contributed by atoms with van der Waals surface area (Å²) in [6, 6.07) is 16.2. The van der Waals surface area contributed by atoms with Gasteiger partial charge >= 0.3 is 0 Å².